The van der Waals surface area contributed by atoms with Crippen molar-refractivity contribution >= 4 is 60.9 Å². The highest BCUT2D eigenvalue weighted by molar-refractivity contribution is 7.86. The molecule has 2 aliphatic rings. The van der Waals surface area contributed by atoms with Gasteiger partial charge in [0.2, 0.25) is 0 Å². The summed E-state index contributed by atoms with van der Waals surface area (Å²) in [7, 11) is -2.96. The molecule has 1 atom stereocenters. The number of nitrogens with zero attached hydrogens (tertiary/aromatic N) is 4. The lowest BCUT2D eigenvalue weighted by Gasteiger charge is -2.19. The number of benzene rings is 4. The van der Waals surface area contributed by atoms with Gasteiger partial charge in [0.15, 0.2) is 0 Å². The van der Waals surface area contributed by atoms with E-state index in [1.807, 2.05) is 0 Å². The average molecular weight is 1070 g/mol. The Kier molecular flexibility index (Phi) is 22.5. The fourth-order valence-corrected chi connectivity index (χ4v) is 9.15. The quantitative estimate of drug-likeness (QED) is 0.0424. The van der Waals surface area contributed by atoms with Crippen molar-refractivity contribution in [2.24, 2.45) is 28.0 Å². The third-order valence-electron chi connectivity index (χ3n) is 13.0. The lowest BCUT2D eigenvalue weighted by Crippen LogP contribution is -2.28. The molecule has 6 rings (SSSR count). The van der Waals surface area contributed by atoms with Gasteiger partial charge >= 0.3 is 0 Å². The van der Waals surface area contributed by atoms with Crippen molar-refractivity contribution in [3.8, 4) is 34.5 Å². The maximum atomic E-state index is 13.5. The molecule has 2 heterocycles. The van der Waals surface area contributed by atoms with Crippen LogP contribution < -0.4 is 38.4 Å². The molecule has 0 radical (unpaired) electrons. The first-order chi connectivity index (χ1) is 35.2. The summed E-state index contributed by atoms with van der Waals surface area (Å²) in [6.07, 6.45) is 9.87. The SMILES string of the molecule is CCC(CC)CC.CCC(CC)CC.COc1cc(OCCOc2cc(OC)c(CC3C(=O)N(c4ccc(S(=O)(=O)O)cc4)N=C3C)c(OC)c2)cc(OC)c1/C=C1/C(=O)N(c2ccc(S(=O)(=O)O)cc2)N=C1C. The molecule has 0 spiro atoms. The number of carbonyl (C=O) groups is 2. The van der Waals surface area contributed by atoms with Crippen LogP contribution in [-0.4, -0.2) is 90.8 Å². The van der Waals surface area contributed by atoms with Crippen LogP contribution in [0.1, 0.15) is 105 Å². The second kappa shape index (κ2) is 27.7. The predicted octanol–water partition coefficient (Wildman–Crippen LogP) is 10.7. The van der Waals surface area contributed by atoms with E-state index in [2.05, 4.69) is 51.7 Å². The molecule has 1 unspecified atom stereocenters. The zero-order valence-electron chi connectivity index (χ0n) is 44.5. The zero-order chi connectivity index (χ0) is 54.9. The molecule has 2 N–H and O–H groups in total. The molecule has 4 aromatic rings. The topological polar surface area (TPSA) is 229 Å². The van der Waals surface area contributed by atoms with E-state index in [9.17, 15) is 35.5 Å². The van der Waals surface area contributed by atoms with E-state index in [0.29, 0.717) is 68.4 Å². The molecule has 404 valence electrons. The lowest BCUT2D eigenvalue weighted by molar-refractivity contribution is -0.119. The summed E-state index contributed by atoms with van der Waals surface area (Å²) in [5.41, 5.74) is 2.78. The van der Waals surface area contributed by atoms with Gasteiger partial charge in [-0.2, -0.15) is 32.0 Å². The van der Waals surface area contributed by atoms with Gasteiger partial charge in [0.05, 0.1) is 72.4 Å². The fourth-order valence-electron chi connectivity index (χ4n) is 8.19. The molecule has 0 saturated carbocycles. The second-order valence-electron chi connectivity index (χ2n) is 17.4. The summed E-state index contributed by atoms with van der Waals surface area (Å²) in [4.78, 5) is 26.3. The van der Waals surface area contributed by atoms with Crippen molar-refractivity contribution in [2.45, 2.75) is 110 Å². The Bertz CT molecular complexity index is 2790. The van der Waals surface area contributed by atoms with E-state index < -0.39 is 32.1 Å². The van der Waals surface area contributed by atoms with Gasteiger partial charge in [-0.25, -0.2) is 5.01 Å². The summed E-state index contributed by atoms with van der Waals surface area (Å²) in [6, 6.07) is 16.7. The van der Waals surface area contributed by atoms with Gasteiger partial charge in [-0.05, 0) is 86.7 Å². The summed E-state index contributed by atoms with van der Waals surface area (Å²) in [5.74, 6) is 2.71. The molecule has 0 bridgehead atoms. The molecule has 0 fully saturated rings. The number of hydrogen-bond acceptors (Lipinski definition) is 14. The van der Waals surface area contributed by atoms with Crippen LogP contribution in [0.5, 0.6) is 34.5 Å². The van der Waals surface area contributed by atoms with Crippen LogP contribution in [0.2, 0.25) is 0 Å². The van der Waals surface area contributed by atoms with Crippen molar-refractivity contribution in [3.63, 3.8) is 0 Å². The molecule has 4 aromatic carbocycles. The Hall–Kier alpha value is -6.48. The normalized spacial score (nSPS) is 15.1. The van der Waals surface area contributed by atoms with Crippen molar-refractivity contribution in [1.29, 1.82) is 0 Å². The largest absolute Gasteiger partial charge is 0.496 e. The third-order valence-corrected chi connectivity index (χ3v) is 14.7. The Morgan fingerprint density at radius 3 is 1.31 bits per heavy atom. The Morgan fingerprint density at radius 1 is 0.581 bits per heavy atom. The number of amides is 2. The number of anilines is 2. The van der Waals surface area contributed by atoms with Gasteiger partial charge in [0.1, 0.15) is 47.7 Å². The number of hydrazone groups is 2. The number of methoxy groups -OCH3 is 4. The molecule has 0 aliphatic carbocycles. The van der Waals surface area contributed by atoms with Gasteiger partial charge in [0.25, 0.3) is 32.1 Å². The molecule has 0 saturated heterocycles. The van der Waals surface area contributed by atoms with Crippen molar-refractivity contribution in [2.75, 3.05) is 51.7 Å². The van der Waals surface area contributed by atoms with Crippen molar-refractivity contribution < 1.29 is 64.0 Å². The molecule has 2 aliphatic heterocycles. The molecule has 20 heteroatoms. The van der Waals surface area contributed by atoms with E-state index in [0.717, 1.165) is 16.8 Å². The second-order valence-corrected chi connectivity index (χ2v) is 20.2. The Balaban J connectivity index is 0.000000743. The van der Waals surface area contributed by atoms with Gasteiger partial charge in [-0.3, -0.25) is 18.7 Å². The summed E-state index contributed by atoms with van der Waals surface area (Å²) < 4.78 is 99.0. The van der Waals surface area contributed by atoms with E-state index in [4.69, 9.17) is 28.4 Å². The standard InChI is InChI=1S/C40H40N4O14S2.2C7H16/c1-23-31(39(45)43(41-23)25-7-11-29(12-8-25)59(47,48)49)21-33-35(53-3)17-27(18-36(33)54-4)57-15-16-58-28-19-37(55-5)34(38(20-28)56-6)22-32-24(2)42-44(40(32)46)26-9-13-30(14-10-26)60(50,51)52;2*1-4-7(5-2)6-3/h7-14,17-21,32H,15-16,22H2,1-6H3,(H,47,48,49)(H,50,51,52);2*7H,4-6H2,1-3H3/b31-21+;;. The smallest absolute Gasteiger partial charge is 0.294 e. The third kappa shape index (κ3) is 15.5. The highest BCUT2D eigenvalue weighted by Crippen LogP contribution is 2.40. The van der Waals surface area contributed by atoms with Crippen LogP contribution in [0.4, 0.5) is 11.4 Å². The van der Waals surface area contributed by atoms with Gasteiger partial charge < -0.3 is 28.4 Å². The first-order valence-corrected chi connectivity index (χ1v) is 27.5. The first kappa shape index (κ1) is 60.1. The summed E-state index contributed by atoms with van der Waals surface area (Å²) in [6.45, 7) is 17.1. The minimum atomic E-state index is -4.41. The monoisotopic (exact) mass is 1060 g/mol. The molecular weight excluding hydrogens is 993 g/mol. The maximum Gasteiger partial charge on any atom is 0.294 e. The summed E-state index contributed by atoms with van der Waals surface area (Å²) >= 11 is 0. The average Bonchev–Trinajstić information content (AvgIpc) is 3.84. The number of ether oxygens (including phenoxy) is 6. The Morgan fingerprint density at radius 2 is 0.959 bits per heavy atom. The molecule has 74 heavy (non-hydrogen) atoms. The van der Waals surface area contributed by atoms with E-state index in [1.54, 1.807) is 44.2 Å². The minimum Gasteiger partial charge on any atom is -0.496 e. The van der Waals surface area contributed by atoms with E-state index >= 15 is 0 Å². The van der Waals surface area contributed by atoms with E-state index in [1.165, 1.54) is 121 Å². The highest BCUT2D eigenvalue weighted by atomic mass is 32.2. The number of rotatable bonds is 22. The van der Waals surface area contributed by atoms with Gasteiger partial charge in [-0.1, -0.05) is 80.1 Å². The highest BCUT2D eigenvalue weighted by Gasteiger charge is 2.36. The van der Waals surface area contributed by atoms with Crippen molar-refractivity contribution in [3.05, 3.63) is 89.5 Å². The maximum absolute atomic E-state index is 13.5. The molecular formula is C54H72N4O14S2. The number of carbonyl (C=O) groups excluding carboxylic acids is 2. The number of hydrogen-bond donors (Lipinski definition) is 2. The van der Waals surface area contributed by atoms with Gasteiger partial charge in [-0.15, -0.1) is 0 Å². The minimum absolute atomic E-state index is 0.0853. The van der Waals surface area contributed by atoms with Crippen LogP contribution in [0.3, 0.4) is 0 Å². The van der Waals surface area contributed by atoms with Crippen LogP contribution in [-0.2, 0) is 36.2 Å². The van der Waals surface area contributed by atoms with Crippen LogP contribution in [0.25, 0.3) is 6.08 Å². The van der Waals surface area contributed by atoms with Crippen molar-refractivity contribution in [1.82, 2.24) is 0 Å². The lowest BCUT2D eigenvalue weighted by atomic mass is 9.94. The predicted molar refractivity (Wildman–Crippen MR) is 288 cm³/mol. The zero-order valence-corrected chi connectivity index (χ0v) is 46.1. The fraction of sp³-hybridized carbons (Fsp3) is 0.444. The Labute approximate surface area is 436 Å². The first-order valence-electron chi connectivity index (χ1n) is 24.6. The molecule has 0 aromatic heterocycles. The summed E-state index contributed by atoms with van der Waals surface area (Å²) in [5, 5.41) is 11.0. The van der Waals surface area contributed by atoms with Crippen LogP contribution >= 0.6 is 0 Å². The van der Waals surface area contributed by atoms with Gasteiger partial charge in [0, 0.05) is 35.5 Å². The van der Waals surface area contributed by atoms with Crippen LogP contribution in [0.15, 0.2) is 98.4 Å². The molecule has 18 nitrogen and oxygen atoms in total. The molecule has 2 amide bonds. The van der Waals surface area contributed by atoms with E-state index in [-0.39, 0.29) is 40.9 Å². The van der Waals surface area contributed by atoms with Crippen LogP contribution in [0, 0.1) is 17.8 Å².